The molecule has 0 spiro atoms. The van der Waals surface area contributed by atoms with Gasteiger partial charge in [0.15, 0.2) is 0 Å². The van der Waals surface area contributed by atoms with Gasteiger partial charge in [-0.2, -0.15) is 0 Å². The van der Waals surface area contributed by atoms with Crippen molar-refractivity contribution in [1.29, 1.82) is 0 Å². The summed E-state index contributed by atoms with van der Waals surface area (Å²) in [6.45, 7) is 3.72. The molecule has 1 aromatic carbocycles. The van der Waals surface area contributed by atoms with Gasteiger partial charge in [-0.15, -0.1) is 0 Å². The predicted octanol–water partition coefficient (Wildman–Crippen LogP) is 1.70. The van der Waals surface area contributed by atoms with E-state index < -0.39 is 5.41 Å². The Morgan fingerprint density at radius 1 is 1.35 bits per heavy atom. The van der Waals surface area contributed by atoms with Crippen LogP contribution in [0.25, 0.3) is 0 Å². The largest absolute Gasteiger partial charge is 0.396 e. The molecule has 0 aliphatic rings. The van der Waals surface area contributed by atoms with E-state index in [2.05, 4.69) is 12.2 Å². The summed E-state index contributed by atoms with van der Waals surface area (Å²) in [6.07, 6.45) is 0.909. The third-order valence-electron chi connectivity index (χ3n) is 3.32. The van der Waals surface area contributed by atoms with Gasteiger partial charge in [0.25, 0.3) is 0 Å². The van der Waals surface area contributed by atoms with Crippen LogP contribution in [0.4, 0.5) is 10.5 Å². The van der Waals surface area contributed by atoms with Crippen molar-refractivity contribution < 1.29 is 15.0 Å². The number of anilines is 1. The maximum Gasteiger partial charge on any atom is 0.321 e. The number of rotatable bonds is 6. The van der Waals surface area contributed by atoms with E-state index in [-0.39, 0.29) is 25.8 Å². The molecule has 1 rings (SSSR count). The zero-order valence-electron chi connectivity index (χ0n) is 12.4. The van der Waals surface area contributed by atoms with Gasteiger partial charge in [-0.25, -0.2) is 4.79 Å². The first-order chi connectivity index (χ1) is 9.44. The number of nitrogens with zero attached hydrogens (tertiary/aromatic N) is 1. The van der Waals surface area contributed by atoms with Crippen LogP contribution in [0.3, 0.4) is 0 Å². The predicted molar refractivity (Wildman–Crippen MR) is 79.7 cm³/mol. The van der Waals surface area contributed by atoms with Crippen LogP contribution in [-0.4, -0.2) is 48.0 Å². The molecule has 20 heavy (non-hydrogen) atoms. The van der Waals surface area contributed by atoms with Crippen LogP contribution in [-0.2, 0) is 6.42 Å². The highest BCUT2D eigenvalue weighted by molar-refractivity contribution is 5.89. The molecule has 2 amide bonds. The average Bonchev–Trinajstić information content (AvgIpc) is 2.47. The fourth-order valence-electron chi connectivity index (χ4n) is 1.88. The van der Waals surface area contributed by atoms with Gasteiger partial charge in [-0.1, -0.05) is 26.0 Å². The molecule has 5 nitrogen and oxygen atoms in total. The molecule has 0 heterocycles. The van der Waals surface area contributed by atoms with Crippen molar-refractivity contribution in [2.24, 2.45) is 5.41 Å². The standard InChI is InChI=1S/C15H24N2O3/c1-4-12-6-5-7-13(8-12)16-14(20)17(3)9-15(2,10-18)11-19/h5-8,18-19H,4,9-11H2,1-3H3,(H,16,20). The second kappa shape index (κ2) is 7.26. The number of urea groups is 1. The minimum Gasteiger partial charge on any atom is -0.396 e. The molecule has 5 heteroatoms. The van der Waals surface area contributed by atoms with Gasteiger partial charge in [0.1, 0.15) is 0 Å². The lowest BCUT2D eigenvalue weighted by Gasteiger charge is -2.30. The Morgan fingerprint density at radius 2 is 2.00 bits per heavy atom. The normalized spacial score (nSPS) is 11.2. The molecule has 0 aliphatic heterocycles. The molecular formula is C15H24N2O3. The van der Waals surface area contributed by atoms with Crippen LogP contribution >= 0.6 is 0 Å². The molecule has 0 fully saturated rings. The van der Waals surface area contributed by atoms with Crippen LogP contribution in [0, 0.1) is 5.41 Å². The quantitative estimate of drug-likeness (QED) is 0.742. The van der Waals surface area contributed by atoms with Gasteiger partial charge in [0.2, 0.25) is 0 Å². The van der Waals surface area contributed by atoms with Crippen molar-refractivity contribution in [1.82, 2.24) is 4.90 Å². The number of carbonyl (C=O) groups excluding carboxylic acids is 1. The summed E-state index contributed by atoms with van der Waals surface area (Å²) >= 11 is 0. The summed E-state index contributed by atoms with van der Waals surface area (Å²) in [5, 5.41) is 21.3. The lowest BCUT2D eigenvalue weighted by atomic mass is 9.92. The summed E-state index contributed by atoms with van der Waals surface area (Å²) < 4.78 is 0. The van der Waals surface area contributed by atoms with Crippen molar-refractivity contribution >= 4 is 11.7 Å². The van der Waals surface area contributed by atoms with E-state index in [0.717, 1.165) is 17.7 Å². The zero-order chi connectivity index (χ0) is 15.2. The smallest absolute Gasteiger partial charge is 0.321 e. The number of aliphatic hydroxyl groups is 2. The summed E-state index contributed by atoms with van der Waals surface area (Å²) in [6, 6.07) is 7.42. The molecule has 112 valence electrons. The third-order valence-corrected chi connectivity index (χ3v) is 3.32. The Labute approximate surface area is 120 Å². The lowest BCUT2D eigenvalue weighted by molar-refractivity contribution is 0.0509. The Hall–Kier alpha value is -1.59. The highest BCUT2D eigenvalue weighted by atomic mass is 16.3. The molecule has 0 aliphatic carbocycles. The number of amides is 2. The Kier molecular flexibility index (Phi) is 5.98. The molecule has 3 N–H and O–H groups in total. The topological polar surface area (TPSA) is 72.8 Å². The van der Waals surface area contributed by atoms with E-state index in [0.29, 0.717) is 0 Å². The Morgan fingerprint density at radius 3 is 2.55 bits per heavy atom. The number of aryl methyl sites for hydroxylation is 1. The number of hydrogen-bond donors (Lipinski definition) is 3. The van der Waals surface area contributed by atoms with Gasteiger partial charge >= 0.3 is 6.03 Å². The fraction of sp³-hybridized carbons (Fsp3) is 0.533. The van der Waals surface area contributed by atoms with Crippen LogP contribution in [0.5, 0.6) is 0 Å². The van der Waals surface area contributed by atoms with E-state index in [1.54, 1.807) is 14.0 Å². The van der Waals surface area contributed by atoms with Gasteiger partial charge < -0.3 is 20.4 Å². The van der Waals surface area contributed by atoms with Gasteiger partial charge in [0, 0.05) is 24.7 Å². The molecule has 0 bridgehead atoms. The van der Waals surface area contributed by atoms with Crippen LogP contribution in [0.15, 0.2) is 24.3 Å². The van der Waals surface area contributed by atoms with Crippen molar-refractivity contribution in [2.75, 3.05) is 32.1 Å². The van der Waals surface area contributed by atoms with Crippen molar-refractivity contribution in [2.45, 2.75) is 20.3 Å². The maximum absolute atomic E-state index is 12.1. The molecule has 0 atom stereocenters. The van der Waals surface area contributed by atoms with Gasteiger partial charge in [0.05, 0.1) is 13.2 Å². The van der Waals surface area contributed by atoms with Crippen LogP contribution in [0.1, 0.15) is 19.4 Å². The summed E-state index contributed by atoms with van der Waals surface area (Å²) in [5.41, 5.74) is 1.20. The Bertz CT molecular complexity index is 444. The monoisotopic (exact) mass is 280 g/mol. The first kappa shape index (κ1) is 16.5. The summed E-state index contributed by atoms with van der Waals surface area (Å²) in [4.78, 5) is 13.5. The first-order valence-electron chi connectivity index (χ1n) is 6.77. The van der Waals surface area contributed by atoms with E-state index in [4.69, 9.17) is 0 Å². The van der Waals surface area contributed by atoms with Crippen molar-refractivity contribution in [3.63, 3.8) is 0 Å². The van der Waals surface area contributed by atoms with Crippen molar-refractivity contribution in [3.8, 4) is 0 Å². The summed E-state index contributed by atoms with van der Waals surface area (Å²) in [7, 11) is 1.64. The van der Waals surface area contributed by atoms with E-state index in [1.165, 1.54) is 4.90 Å². The third kappa shape index (κ3) is 4.51. The SMILES string of the molecule is CCc1cccc(NC(=O)N(C)CC(C)(CO)CO)c1. The second-order valence-corrected chi connectivity index (χ2v) is 5.47. The average molecular weight is 280 g/mol. The highest BCUT2D eigenvalue weighted by Crippen LogP contribution is 2.17. The first-order valence-corrected chi connectivity index (χ1v) is 6.77. The molecule has 0 radical (unpaired) electrons. The lowest BCUT2D eigenvalue weighted by Crippen LogP contribution is -2.43. The fourth-order valence-corrected chi connectivity index (χ4v) is 1.88. The number of benzene rings is 1. The van der Waals surface area contributed by atoms with E-state index in [1.807, 2.05) is 24.3 Å². The minimum absolute atomic E-state index is 0.174. The van der Waals surface area contributed by atoms with Gasteiger partial charge in [-0.3, -0.25) is 0 Å². The number of nitrogens with one attached hydrogen (secondary N) is 1. The minimum atomic E-state index is -0.697. The molecule has 0 saturated carbocycles. The van der Waals surface area contributed by atoms with Crippen LogP contribution < -0.4 is 5.32 Å². The zero-order valence-corrected chi connectivity index (χ0v) is 12.4. The molecule has 0 aromatic heterocycles. The Balaban J connectivity index is 2.65. The highest BCUT2D eigenvalue weighted by Gasteiger charge is 2.26. The molecule has 1 aromatic rings. The van der Waals surface area contributed by atoms with E-state index in [9.17, 15) is 15.0 Å². The maximum atomic E-state index is 12.1. The van der Waals surface area contributed by atoms with Crippen LogP contribution in [0.2, 0.25) is 0 Å². The number of hydrogen-bond acceptors (Lipinski definition) is 3. The van der Waals surface area contributed by atoms with E-state index >= 15 is 0 Å². The number of carbonyl (C=O) groups is 1. The second-order valence-electron chi connectivity index (χ2n) is 5.47. The molecule has 0 unspecified atom stereocenters. The molecular weight excluding hydrogens is 256 g/mol. The van der Waals surface area contributed by atoms with Gasteiger partial charge in [-0.05, 0) is 24.1 Å². The molecule has 0 saturated heterocycles. The summed E-state index contributed by atoms with van der Waals surface area (Å²) in [5.74, 6) is 0. The number of aliphatic hydroxyl groups excluding tert-OH is 2. The van der Waals surface area contributed by atoms with Crippen molar-refractivity contribution in [3.05, 3.63) is 29.8 Å².